The predicted molar refractivity (Wildman–Crippen MR) is 75.1 cm³/mol. The average molecular weight is 331 g/mol. The number of aryl methyl sites for hydroxylation is 1. The molecule has 120 valence electrons. The molecule has 0 aliphatic heterocycles. The summed E-state index contributed by atoms with van der Waals surface area (Å²) in [6.07, 6.45) is 5.63. The highest BCUT2D eigenvalue weighted by molar-refractivity contribution is 7.89. The number of aromatic nitrogens is 2. The molecule has 0 saturated carbocycles. The van der Waals surface area contributed by atoms with E-state index in [1.165, 1.54) is 18.2 Å². The summed E-state index contributed by atoms with van der Waals surface area (Å²) in [4.78, 5) is 3.76. The second-order valence-corrected chi connectivity index (χ2v) is 6.17. The lowest BCUT2D eigenvalue weighted by atomic mass is 10.3. The van der Waals surface area contributed by atoms with Crippen molar-refractivity contribution < 1.29 is 21.9 Å². The Morgan fingerprint density at radius 1 is 1.36 bits per heavy atom. The largest absolute Gasteiger partial charge is 0.435 e. The summed E-state index contributed by atoms with van der Waals surface area (Å²) in [7, 11) is -3.76. The van der Waals surface area contributed by atoms with Crippen molar-refractivity contribution in [2.75, 3.05) is 6.54 Å². The fraction of sp³-hybridized carbons (Fsp3) is 0.308. The Labute approximate surface area is 126 Å². The second kappa shape index (κ2) is 7.32. The van der Waals surface area contributed by atoms with Crippen LogP contribution in [0.4, 0.5) is 8.78 Å². The number of hydrogen-bond donors (Lipinski definition) is 1. The number of halogens is 2. The summed E-state index contributed by atoms with van der Waals surface area (Å²) in [5.74, 6) is -0.198. The first kappa shape index (κ1) is 16.4. The molecule has 22 heavy (non-hydrogen) atoms. The van der Waals surface area contributed by atoms with Crippen LogP contribution < -0.4 is 9.46 Å². The smallest absolute Gasteiger partial charge is 0.387 e. The van der Waals surface area contributed by atoms with Crippen LogP contribution in [0.1, 0.15) is 6.42 Å². The van der Waals surface area contributed by atoms with Crippen molar-refractivity contribution in [3.8, 4) is 5.75 Å². The van der Waals surface area contributed by atoms with Gasteiger partial charge in [-0.2, -0.15) is 8.78 Å². The maximum atomic E-state index is 12.1. The van der Waals surface area contributed by atoms with Gasteiger partial charge in [0.1, 0.15) is 5.75 Å². The molecule has 1 aromatic carbocycles. The van der Waals surface area contributed by atoms with Crippen LogP contribution >= 0.6 is 0 Å². The zero-order valence-corrected chi connectivity index (χ0v) is 12.3. The second-order valence-electron chi connectivity index (χ2n) is 4.41. The molecule has 0 unspecified atom stereocenters. The SMILES string of the molecule is O=S(=O)(NCCCn1ccnc1)c1cccc(OC(F)F)c1. The maximum Gasteiger partial charge on any atom is 0.387 e. The van der Waals surface area contributed by atoms with Crippen molar-refractivity contribution in [1.82, 2.24) is 14.3 Å². The first-order chi connectivity index (χ1) is 10.5. The van der Waals surface area contributed by atoms with Crippen molar-refractivity contribution in [3.63, 3.8) is 0 Å². The van der Waals surface area contributed by atoms with Gasteiger partial charge in [-0.15, -0.1) is 0 Å². The minimum atomic E-state index is -3.76. The standard InChI is InChI=1S/C13H15F2N3O3S/c14-13(15)21-11-3-1-4-12(9-11)22(19,20)17-5-2-7-18-8-6-16-10-18/h1,3-4,6,8-10,13,17H,2,5,7H2. The minimum absolute atomic E-state index is 0.117. The highest BCUT2D eigenvalue weighted by atomic mass is 32.2. The number of nitrogens with one attached hydrogen (secondary N) is 1. The monoisotopic (exact) mass is 331 g/mol. The van der Waals surface area contributed by atoms with Gasteiger partial charge in [0.05, 0.1) is 11.2 Å². The van der Waals surface area contributed by atoms with E-state index in [0.29, 0.717) is 13.0 Å². The molecule has 1 heterocycles. The molecule has 0 radical (unpaired) electrons. The zero-order valence-electron chi connectivity index (χ0n) is 11.5. The molecule has 0 bridgehead atoms. The molecule has 0 fully saturated rings. The van der Waals surface area contributed by atoms with Gasteiger partial charge in [-0.05, 0) is 18.6 Å². The number of rotatable bonds is 8. The van der Waals surface area contributed by atoms with Crippen molar-refractivity contribution in [1.29, 1.82) is 0 Å². The Kier molecular flexibility index (Phi) is 5.45. The molecule has 1 aromatic heterocycles. The number of nitrogens with zero attached hydrogens (tertiary/aromatic N) is 2. The number of sulfonamides is 1. The Morgan fingerprint density at radius 3 is 2.86 bits per heavy atom. The molecule has 2 aromatic rings. The minimum Gasteiger partial charge on any atom is -0.435 e. The average Bonchev–Trinajstić information content (AvgIpc) is 2.96. The molecule has 0 aliphatic carbocycles. The van der Waals surface area contributed by atoms with Crippen LogP contribution in [0, 0.1) is 0 Å². The van der Waals surface area contributed by atoms with E-state index in [1.54, 1.807) is 18.7 Å². The lowest BCUT2D eigenvalue weighted by Crippen LogP contribution is -2.25. The van der Waals surface area contributed by atoms with E-state index >= 15 is 0 Å². The maximum absolute atomic E-state index is 12.1. The van der Waals surface area contributed by atoms with Crippen LogP contribution in [0.25, 0.3) is 0 Å². The Hall–Kier alpha value is -2.00. The number of alkyl halides is 2. The van der Waals surface area contributed by atoms with E-state index in [9.17, 15) is 17.2 Å². The molecule has 0 amide bonds. The number of imidazole rings is 1. The highest BCUT2D eigenvalue weighted by Crippen LogP contribution is 2.19. The van der Waals surface area contributed by atoms with Crippen molar-refractivity contribution in [2.45, 2.75) is 24.5 Å². The van der Waals surface area contributed by atoms with E-state index < -0.39 is 16.6 Å². The van der Waals surface area contributed by atoms with E-state index in [-0.39, 0.29) is 17.2 Å². The molecular weight excluding hydrogens is 316 g/mol. The van der Waals surface area contributed by atoms with E-state index in [4.69, 9.17) is 0 Å². The topological polar surface area (TPSA) is 73.2 Å². The molecule has 0 spiro atoms. The number of hydrogen-bond acceptors (Lipinski definition) is 4. The molecular formula is C13H15F2N3O3S. The fourth-order valence-electron chi connectivity index (χ4n) is 1.79. The molecule has 6 nitrogen and oxygen atoms in total. The van der Waals surface area contributed by atoms with Gasteiger partial charge in [-0.25, -0.2) is 18.1 Å². The Balaban J connectivity index is 1.92. The summed E-state index contributed by atoms with van der Waals surface area (Å²) < 4.78 is 56.8. The quantitative estimate of drug-likeness (QED) is 0.749. The summed E-state index contributed by atoms with van der Waals surface area (Å²) in [5.41, 5.74) is 0. The van der Waals surface area contributed by atoms with Gasteiger partial charge < -0.3 is 9.30 Å². The molecule has 9 heteroatoms. The lowest BCUT2D eigenvalue weighted by Gasteiger charge is -2.09. The van der Waals surface area contributed by atoms with Crippen LogP contribution in [0.15, 0.2) is 47.9 Å². The van der Waals surface area contributed by atoms with Gasteiger partial charge >= 0.3 is 6.61 Å². The fourth-order valence-corrected chi connectivity index (χ4v) is 2.90. The Morgan fingerprint density at radius 2 is 2.18 bits per heavy atom. The van der Waals surface area contributed by atoms with Gasteiger partial charge in [-0.1, -0.05) is 6.07 Å². The summed E-state index contributed by atoms with van der Waals surface area (Å²) >= 11 is 0. The zero-order chi connectivity index (χ0) is 16.0. The third kappa shape index (κ3) is 4.78. The van der Waals surface area contributed by atoms with Gasteiger partial charge in [-0.3, -0.25) is 0 Å². The normalized spacial score (nSPS) is 11.8. The van der Waals surface area contributed by atoms with Crippen LogP contribution in [0.2, 0.25) is 0 Å². The van der Waals surface area contributed by atoms with Crippen molar-refractivity contribution in [2.24, 2.45) is 0 Å². The number of ether oxygens (including phenoxy) is 1. The highest BCUT2D eigenvalue weighted by Gasteiger charge is 2.15. The van der Waals surface area contributed by atoms with Gasteiger partial charge in [0.15, 0.2) is 0 Å². The third-order valence-electron chi connectivity index (χ3n) is 2.79. The van der Waals surface area contributed by atoms with Crippen LogP contribution in [0.3, 0.4) is 0 Å². The third-order valence-corrected chi connectivity index (χ3v) is 4.24. The van der Waals surface area contributed by atoms with Gasteiger partial charge in [0.25, 0.3) is 0 Å². The summed E-state index contributed by atoms with van der Waals surface area (Å²) in [5, 5.41) is 0. The number of benzene rings is 1. The lowest BCUT2D eigenvalue weighted by molar-refractivity contribution is -0.0499. The molecule has 0 saturated heterocycles. The molecule has 0 atom stereocenters. The van der Waals surface area contributed by atoms with E-state index in [1.807, 2.05) is 4.57 Å². The first-order valence-electron chi connectivity index (χ1n) is 6.48. The van der Waals surface area contributed by atoms with Crippen LogP contribution in [-0.4, -0.2) is 31.1 Å². The van der Waals surface area contributed by atoms with Crippen LogP contribution in [-0.2, 0) is 16.6 Å². The van der Waals surface area contributed by atoms with Gasteiger partial charge in [0.2, 0.25) is 10.0 Å². The first-order valence-corrected chi connectivity index (χ1v) is 7.96. The van der Waals surface area contributed by atoms with Crippen molar-refractivity contribution in [3.05, 3.63) is 43.0 Å². The summed E-state index contributed by atoms with van der Waals surface area (Å²) in [6.45, 7) is -2.15. The van der Waals surface area contributed by atoms with Crippen LogP contribution in [0.5, 0.6) is 5.75 Å². The van der Waals surface area contributed by atoms with Crippen molar-refractivity contribution >= 4 is 10.0 Å². The predicted octanol–water partition coefficient (Wildman–Crippen LogP) is 1.85. The van der Waals surface area contributed by atoms with E-state index in [0.717, 1.165) is 6.07 Å². The molecule has 1 N–H and O–H groups in total. The molecule has 0 aliphatic rings. The van der Waals surface area contributed by atoms with Gasteiger partial charge in [0, 0.05) is 31.5 Å². The Bertz CT molecular complexity index is 690. The molecule has 2 rings (SSSR count). The summed E-state index contributed by atoms with van der Waals surface area (Å²) in [6, 6.07) is 4.99. The van der Waals surface area contributed by atoms with E-state index in [2.05, 4.69) is 14.4 Å².